The van der Waals surface area contributed by atoms with E-state index in [4.69, 9.17) is 14.2 Å². The number of ether oxygens (including phenoxy) is 3. The van der Waals surface area contributed by atoms with Crippen LogP contribution in [-0.4, -0.2) is 46.2 Å². The van der Waals surface area contributed by atoms with E-state index in [1.54, 1.807) is 52.5 Å². The smallest absolute Gasteiger partial charge is 0.226 e. The average Bonchev–Trinajstić information content (AvgIpc) is 2.37. The van der Waals surface area contributed by atoms with Crippen molar-refractivity contribution in [2.24, 2.45) is 0 Å². The number of hydrogen-bond donors (Lipinski definition) is 0. The van der Waals surface area contributed by atoms with Crippen LogP contribution in [-0.2, 0) is 11.2 Å². The van der Waals surface area contributed by atoms with E-state index in [0.29, 0.717) is 23.7 Å². The van der Waals surface area contributed by atoms with Gasteiger partial charge in [0, 0.05) is 14.1 Å². The molecular weight excluding hydrogens is 234 g/mol. The lowest BCUT2D eigenvalue weighted by Crippen LogP contribution is -2.23. The molecule has 1 aromatic carbocycles. The van der Waals surface area contributed by atoms with Crippen LogP contribution in [0.25, 0.3) is 0 Å². The highest BCUT2D eigenvalue weighted by Gasteiger charge is 2.15. The Morgan fingerprint density at radius 1 is 1.06 bits per heavy atom. The van der Waals surface area contributed by atoms with Crippen molar-refractivity contribution in [3.8, 4) is 17.2 Å². The third kappa shape index (κ3) is 3.06. The highest BCUT2D eigenvalue weighted by molar-refractivity contribution is 5.78. The molecule has 1 aromatic rings. The van der Waals surface area contributed by atoms with E-state index in [1.165, 1.54) is 0 Å². The summed E-state index contributed by atoms with van der Waals surface area (Å²) in [5.74, 6) is 1.65. The van der Waals surface area contributed by atoms with E-state index in [-0.39, 0.29) is 5.91 Å². The second-order valence-corrected chi connectivity index (χ2v) is 4.00. The fourth-order valence-corrected chi connectivity index (χ4v) is 1.57. The number of carbonyl (C=O) groups is 1. The van der Waals surface area contributed by atoms with Crippen molar-refractivity contribution in [3.63, 3.8) is 0 Å². The number of hydrogen-bond acceptors (Lipinski definition) is 4. The molecule has 0 saturated carbocycles. The van der Waals surface area contributed by atoms with Gasteiger partial charge in [-0.05, 0) is 17.7 Å². The minimum atomic E-state index is 0.0178. The van der Waals surface area contributed by atoms with Gasteiger partial charge in [-0.25, -0.2) is 0 Å². The van der Waals surface area contributed by atoms with Gasteiger partial charge in [-0.15, -0.1) is 0 Å². The first-order valence-corrected chi connectivity index (χ1v) is 5.52. The van der Waals surface area contributed by atoms with Crippen molar-refractivity contribution >= 4 is 5.91 Å². The number of benzene rings is 1. The third-order valence-electron chi connectivity index (χ3n) is 2.58. The van der Waals surface area contributed by atoms with Gasteiger partial charge in [0.05, 0.1) is 27.8 Å². The third-order valence-corrected chi connectivity index (χ3v) is 2.58. The largest absolute Gasteiger partial charge is 0.493 e. The zero-order valence-electron chi connectivity index (χ0n) is 11.4. The lowest BCUT2D eigenvalue weighted by Gasteiger charge is -2.15. The van der Waals surface area contributed by atoms with Crippen LogP contribution in [0.3, 0.4) is 0 Å². The van der Waals surface area contributed by atoms with Crippen LogP contribution in [0, 0.1) is 0 Å². The zero-order valence-corrected chi connectivity index (χ0v) is 11.4. The average molecular weight is 253 g/mol. The standard InChI is InChI=1S/C13H19NO4/c1-14(2)12(15)8-9-6-10(16-3)13(18-5)11(7-9)17-4/h6-7H,8H2,1-5H3. The molecule has 0 unspecified atom stereocenters. The lowest BCUT2D eigenvalue weighted by atomic mass is 10.1. The zero-order chi connectivity index (χ0) is 13.7. The van der Waals surface area contributed by atoms with Gasteiger partial charge in [0.25, 0.3) is 0 Å². The lowest BCUT2D eigenvalue weighted by molar-refractivity contribution is -0.127. The topological polar surface area (TPSA) is 48.0 Å². The maximum Gasteiger partial charge on any atom is 0.226 e. The van der Waals surface area contributed by atoms with Gasteiger partial charge >= 0.3 is 0 Å². The molecule has 18 heavy (non-hydrogen) atoms. The molecule has 0 aromatic heterocycles. The van der Waals surface area contributed by atoms with Gasteiger partial charge in [0.2, 0.25) is 11.7 Å². The molecule has 1 amide bonds. The van der Waals surface area contributed by atoms with Crippen LogP contribution in [0.1, 0.15) is 5.56 Å². The summed E-state index contributed by atoms with van der Waals surface area (Å²) in [7, 11) is 8.09. The molecule has 0 saturated heterocycles. The van der Waals surface area contributed by atoms with Gasteiger partial charge in [0.1, 0.15) is 0 Å². The fraction of sp³-hybridized carbons (Fsp3) is 0.462. The van der Waals surface area contributed by atoms with E-state index >= 15 is 0 Å². The number of carbonyl (C=O) groups excluding carboxylic acids is 1. The summed E-state index contributed by atoms with van der Waals surface area (Å²) in [6.07, 6.45) is 0.295. The molecule has 0 fully saturated rings. The molecule has 0 heterocycles. The van der Waals surface area contributed by atoms with Crippen LogP contribution in [0.5, 0.6) is 17.2 Å². The molecule has 0 aliphatic rings. The predicted molar refractivity (Wildman–Crippen MR) is 68.5 cm³/mol. The molecule has 5 heteroatoms. The summed E-state index contributed by atoms with van der Waals surface area (Å²) < 4.78 is 15.7. The maximum absolute atomic E-state index is 11.7. The monoisotopic (exact) mass is 253 g/mol. The van der Waals surface area contributed by atoms with E-state index in [2.05, 4.69) is 0 Å². The maximum atomic E-state index is 11.7. The number of rotatable bonds is 5. The van der Waals surface area contributed by atoms with Crippen molar-refractivity contribution in [3.05, 3.63) is 17.7 Å². The Balaban J connectivity index is 3.11. The molecule has 0 spiro atoms. The number of nitrogens with zero attached hydrogens (tertiary/aromatic N) is 1. The molecule has 0 aliphatic heterocycles. The summed E-state index contributed by atoms with van der Waals surface area (Å²) in [4.78, 5) is 13.2. The van der Waals surface area contributed by atoms with Crippen molar-refractivity contribution in [2.45, 2.75) is 6.42 Å². The molecule has 0 aliphatic carbocycles. The van der Waals surface area contributed by atoms with Gasteiger partial charge < -0.3 is 19.1 Å². The SMILES string of the molecule is COc1cc(CC(=O)N(C)C)cc(OC)c1OC. The molecule has 0 radical (unpaired) electrons. The van der Waals surface area contributed by atoms with Crippen LogP contribution in [0.2, 0.25) is 0 Å². The van der Waals surface area contributed by atoms with Crippen LogP contribution in [0.4, 0.5) is 0 Å². The second-order valence-electron chi connectivity index (χ2n) is 4.00. The van der Waals surface area contributed by atoms with Gasteiger partial charge in [-0.3, -0.25) is 4.79 Å². The van der Waals surface area contributed by atoms with E-state index < -0.39 is 0 Å². The van der Waals surface area contributed by atoms with E-state index in [9.17, 15) is 4.79 Å². The van der Waals surface area contributed by atoms with Crippen LogP contribution in [0.15, 0.2) is 12.1 Å². The Bertz CT molecular complexity index is 404. The Hall–Kier alpha value is -1.91. The molecule has 5 nitrogen and oxygen atoms in total. The van der Waals surface area contributed by atoms with E-state index in [1.807, 2.05) is 0 Å². The van der Waals surface area contributed by atoms with Crippen LogP contribution < -0.4 is 14.2 Å². The van der Waals surface area contributed by atoms with Crippen molar-refractivity contribution in [1.82, 2.24) is 4.90 Å². The van der Waals surface area contributed by atoms with Crippen molar-refractivity contribution in [1.29, 1.82) is 0 Å². The Kier molecular flexibility index (Phi) is 4.83. The second kappa shape index (κ2) is 6.14. The minimum absolute atomic E-state index is 0.0178. The van der Waals surface area contributed by atoms with Crippen molar-refractivity contribution in [2.75, 3.05) is 35.4 Å². The van der Waals surface area contributed by atoms with Gasteiger partial charge in [0.15, 0.2) is 11.5 Å². The van der Waals surface area contributed by atoms with E-state index in [0.717, 1.165) is 5.56 Å². The highest BCUT2D eigenvalue weighted by Crippen LogP contribution is 2.38. The summed E-state index contributed by atoms with van der Waals surface area (Å²) >= 11 is 0. The van der Waals surface area contributed by atoms with Gasteiger partial charge in [-0.1, -0.05) is 0 Å². The summed E-state index contributed by atoms with van der Waals surface area (Å²) in [5, 5.41) is 0. The summed E-state index contributed by atoms with van der Waals surface area (Å²) in [5.41, 5.74) is 0.822. The molecule has 0 N–H and O–H groups in total. The van der Waals surface area contributed by atoms with Crippen LogP contribution >= 0.6 is 0 Å². The highest BCUT2D eigenvalue weighted by atomic mass is 16.5. The van der Waals surface area contributed by atoms with Gasteiger partial charge in [-0.2, -0.15) is 0 Å². The normalized spacial score (nSPS) is 9.83. The summed E-state index contributed by atoms with van der Waals surface area (Å²) in [6, 6.07) is 3.56. The first-order valence-electron chi connectivity index (χ1n) is 5.52. The number of amides is 1. The summed E-state index contributed by atoms with van der Waals surface area (Å²) in [6.45, 7) is 0. The number of methoxy groups -OCH3 is 3. The first kappa shape index (κ1) is 14.2. The Morgan fingerprint density at radius 3 is 1.89 bits per heavy atom. The molecular formula is C13H19NO4. The Labute approximate surface area is 107 Å². The molecule has 0 atom stereocenters. The molecule has 1 rings (SSSR count). The Morgan fingerprint density at radius 2 is 1.56 bits per heavy atom. The molecule has 0 bridgehead atoms. The van der Waals surface area contributed by atoms with Crippen molar-refractivity contribution < 1.29 is 19.0 Å². The minimum Gasteiger partial charge on any atom is -0.493 e. The first-order chi connectivity index (χ1) is 8.53. The molecule has 100 valence electrons. The number of likely N-dealkylation sites (N-methyl/N-ethyl adjacent to an activating group) is 1. The predicted octanol–water partition coefficient (Wildman–Crippen LogP) is 1.34. The quantitative estimate of drug-likeness (QED) is 0.794. The fourth-order valence-electron chi connectivity index (χ4n) is 1.57.